The molecule has 0 radical (unpaired) electrons. The summed E-state index contributed by atoms with van der Waals surface area (Å²) in [7, 11) is 0. The number of piperidine rings is 1. The molecule has 0 bridgehead atoms. The lowest BCUT2D eigenvalue weighted by Gasteiger charge is -2.32. The second kappa shape index (κ2) is 7.36. The van der Waals surface area contributed by atoms with Crippen molar-refractivity contribution in [2.24, 2.45) is 5.92 Å². The highest BCUT2D eigenvalue weighted by Gasteiger charge is 2.24. The molecule has 2 aromatic heterocycles. The Labute approximate surface area is 171 Å². The molecular weight excluding hydrogens is 356 g/mol. The van der Waals surface area contributed by atoms with Crippen LogP contribution in [0.4, 0.5) is 5.82 Å². The standard InChI is InChI=1S/C25H26N4/c1-18-8-6-12-21(14-18)29-16-22(20-10-4-3-5-11-20)23-24(26-17-27-25(23)29)28-13-7-9-19(2)15-28/h3-6,8,10-12,14,16-17,19H,7,9,13,15H2,1-2H3/t19-/m0/s1. The molecule has 4 nitrogen and oxygen atoms in total. The summed E-state index contributed by atoms with van der Waals surface area (Å²) in [6.45, 7) is 6.57. The number of aromatic nitrogens is 3. The molecule has 0 spiro atoms. The maximum Gasteiger partial charge on any atom is 0.150 e. The van der Waals surface area contributed by atoms with E-state index >= 15 is 0 Å². The Balaban J connectivity index is 1.77. The van der Waals surface area contributed by atoms with Crippen molar-refractivity contribution in [2.75, 3.05) is 18.0 Å². The van der Waals surface area contributed by atoms with Gasteiger partial charge in [-0.3, -0.25) is 0 Å². The maximum atomic E-state index is 4.78. The smallest absolute Gasteiger partial charge is 0.150 e. The summed E-state index contributed by atoms with van der Waals surface area (Å²) >= 11 is 0. The van der Waals surface area contributed by atoms with Crippen LogP contribution in [0.15, 0.2) is 67.1 Å². The number of hydrogen-bond donors (Lipinski definition) is 0. The summed E-state index contributed by atoms with van der Waals surface area (Å²) in [6.07, 6.45) is 6.45. The van der Waals surface area contributed by atoms with Gasteiger partial charge in [0.05, 0.1) is 5.39 Å². The van der Waals surface area contributed by atoms with E-state index in [1.165, 1.54) is 29.5 Å². The van der Waals surface area contributed by atoms with Crippen molar-refractivity contribution in [1.29, 1.82) is 0 Å². The van der Waals surface area contributed by atoms with Crippen molar-refractivity contribution in [3.05, 3.63) is 72.7 Å². The lowest BCUT2D eigenvalue weighted by atomic mass is 9.99. The highest BCUT2D eigenvalue weighted by Crippen LogP contribution is 2.37. The minimum atomic E-state index is 0.688. The molecule has 29 heavy (non-hydrogen) atoms. The molecule has 0 N–H and O–H groups in total. The SMILES string of the molecule is Cc1cccc(-n2cc(-c3ccccc3)c3c(N4CCC[C@H](C)C4)ncnc32)c1. The average Bonchev–Trinajstić information content (AvgIpc) is 3.14. The molecule has 1 fully saturated rings. The zero-order valence-electron chi connectivity index (χ0n) is 17.0. The van der Waals surface area contributed by atoms with E-state index < -0.39 is 0 Å². The Kier molecular flexibility index (Phi) is 4.55. The molecular formula is C25H26N4. The molecule has 5 rings (SSSR count). The second-order valence-corrected chi connectivity index (χ2v) is 8.21. The van der Waals surface area contributed by atoms with Crippen LogP contribution in [-0.2, 0) is 0 Å². The highest BCUT2D eigenvalue weighted by atomic mass is 15.2. The summed E-state index contributed by atoms with van der Waals surface area (Å²) in [5, 5.41) is 1.15. The fourth-order valence-corrected chi connectivity index (χ4v) is 4.48. The molecule has 2 aromatic carbocycles. The topological polar surface area (TPSA) is 34.0 Å². The maximum absolute atomic E-state index is 4.78. The molecule has 1 aliphatic heterocycles. The highest BCUT2D eigenvalue weighted by molar-refractivity contribution is 6.02. The molecule has 1 saturated heterocycles. The molecule has 0 aliphatic carbocycles. The van der Waals surface area contributed by atoms with Crippen molar-refractivity contribution in [1.82, 2.24) is 14.5 Å². The van der Waals surface area contributed by atoms with Gasteiger partial charge in [-0.15, -0.1) is 0 Å². The van der Waals surface area contributed by atoms with Crippen LogP contribution in [0.3, 0.4) is 0 Å². The normalized spacial score (nSPS) is 17.0. The Bertz CT molecular complexity index is 1150. The fourth-order valence-electron chi connectivity index (χ4n) is 4.48. The van der Waals surface area contributed by atoms with E-state index in [4.69, 9.17) is 9.97 Å². The summed E-state index contributed by atoms with van der Waals surface area (Å²) in [4.78, 5) is 12.0. The number of benzene rings is 2. The third-order valence-electron chi connectivity index (χ3n) is 5.88. The first-order valence-corrected chi connectivity index (χ1v) is 10.4. The van der Waals surface area contributed by atoms with Crippen molar-refractivity contribution in [2.45, 2.75) is 26.7 Å². The third kappa shape index (κ3) is 3.29. The van der Waals surface area contributed by atoms with Gasteiger partial charge in [-0.2, -0.15) is 0 Å². The first-order valence-electron chi connectivity index (χ1n) is 10.4. The van der Waals surface area contributed by atoms with E-state index in [9.17, 15) is 0 Å². The monoisotopic (exact) mass is 382 g/mol. The lowest BCUT2D eigenvalue weighted by molar-refractivity contribution is 0.445. The number of nitrogens with zero attached hydrogens (tertiary/aromatic N) is 4. The van der Waals surface area contributed by atoms with Gasteiger partial charge in [0.1, 0.15) is 12.1 Å². The van der Waals surface area contributed by atoms with E-state index in [1.807, 2.05) is 0 Å². The summed E-state index contributed by atoms with van der Waals surface area (Å²) in [6, 6.07) is 19.2. The molecule has 0 amide bonds. The van der Waals surface area contributed by atoms with E-state index in [-0.39, 0.29) is 0 Å². The molecule has 0 saturated carbocycles. The molecule has 4 heteroatoms. The Hall–Kier alpha value is -3.14. The van der Waals surface area contributed by atoms with Crippen molar-refractivity contribution in [3.8, 4) is 16.8 Å². The summed E-state index contributed by atoms with van der Waals surface area (Å²) < 4.78 is 2.21. The minimum Gasteiger partial charge on any atom is -0.356 e. The number of hydrogen-bond acceptors (Lipinski definition) is 3. The van der Waals surface area contributed by atoms with Gasteiger partial charge >= 0.3 is 0 Å². The van der Waals surface area contributed by atoms with E-state index in [1.54, 1.807) is 6.33 Å². The summed E-state index contributed by atoms with van der Waals surface area (Å²) in [5.74, 6) is 1.75. The number of fused-ring (bicyclic) bond motifs is 1. The molecule has 1 aliphatic rings. The van der Waals surface area contributed by atoms with Gasteiger partial charge in [-0.1, -0.05) is 49.4 Å². The van der Waals surface area contributed by atoms with E-state index in [0.29, 0.717) is 5.92 Å². The van der Waals surface area contributed by atoms with Crippen LogP contribution in [0, 0.1) is 12.8 Å². The van der Waals surface area contributed by atoms with Crippen LogP contribution >= 0.6 is 0 Å². The van der Waals surface area contributed by atoms with Crippen LogP contribution in [0.2, 0.25) is 0 Å². The van der Waals surface area contributed by atoms with Gasteiger partial charge in [0.15, 0.2) is 5.65 Å². The zero-order chi connectivity index (χ0) is 19.8. The van der Waals surface area contributed by atoms with Gasteiger partial charge in [0.2, 0.25) is 0 Å². The third-order valence-corrected chi connectivity index (χ3v) is 5.88. The van der Waals surface area contributed by atoms with Crippen molar-refractivity contribution in [3.63, 3.8) is 0 Å². The predicted molar refractivity (Wildman–Crippen MR) is 120 cm³/mol. The molecule has 3 heterocycles. The first kappa shape index (κ1) is 17.9. The Morgan fingerprint density at radius 3 is 2.66 bits per heavy atom. The number of anilines is 1. The average molecular weight is 383 g/mol. The largest absolute Gasteiger partial charge is 0.356 e. The lowest BCUT2D eigenvalue weighted by Crippen LogP contribution is -2.35. The molecule has 4 aromatic rings. The fraction of sp³-hybridized carbons (Fsp3) is 0.280. The predicted octanol–water partition coefficient (Wildman–Crippen LogP) is 5.63. The van der Waals surface area contributed by atoms with Gasteiger partial charge < -0.3 is 9.47 Å². The minimum absolute atomic E-state index is 0.688. The number of aryl methyl sites for hydroxylation is 1. The van der Waals surface area contributed by atoms with E-state index in [2.05, 4.69) is 84.1 Å². The first-order chi connectivity index (χ1) is 14.2. The van der Waals surface area contributed by atoms with Crippen molar-refractivity contribution < 1.29 is 0 Å². The van der Waals surface area contributed by atoms with Gasteiger partial charge in [-0.25, -0.2) is 9.97 Å². The van der Waals surface area contributed by atoms with Gasteiger partial charge in [-0.05, 0) is 48.9 Å². The quantitative estimate of drug-likeness (QED) is 0.460. The van der Waals surface area contributed by atoms with Crippen LogP contribution in [0.25, 0.3) is 27.8 Å². The summed E-state index contributed by atoms with van der Waals surface area (Å²) in [5.41, 5.74) is 5.73. The Morgan fingerprint density at radius 1 is 1.00 bits per heavy atom. The van der Waals surface area contributed by atoms with Gasteiger partial charge in [0, 0.05) is 30.5 Å². The van der Waals surface area contributed by atoms with Gasteiger partial charge in [0.25, 0.3) is 0 Å². The molecule has 0 unspecified atom stereocenters. The zero-order valence-corrected chi connectivity index (χ0v) is 17.0. The molecule has 1 atom stereocenters. The van der Waals surface area contributed by atoms with Crippen LogP contribution < -0.4 is 4.90 Å². The van der Waals surface area contributed by atoms with Crippen molar-refractivity contribution >= 4 is 16.9 Å². The Morgan fingerprint density at radius 2 is 1.86 bits per heavy atom. The molecule has 146 valence electrons. The van der Waals surface area contributed by atoms with Crippen LogP contribution in [-0.4, -0.2) is 27.6 Å². The van der Waals surface area contributed by atoms with E-state index in [0.717, 1.165) is 35.6 Å². The second-order valence-electron chi connectivity index (χ2n) is 8.21. The van der Waals surface area contributed by atoms with Crippen LogP contribution in [0.1, 0.15) is 25.3 Å². The number of rotatable bonds is 3. The van der Waals surface area contributed by atoms with Crippen LogP contribution in [0.5, 0.6) is 0 Å².